The summed E-state index contributed by atoms with van der Waals surface area (Å²) in [5, 5.41) is 0.869. The Hall–Kier alpha value is -2.75. The molecule has 0 spiro atoms. The molecule has 4 heteroatoms. The highest BCUT2D eigenvalue weighted by molar-refractivity contribution is 6.06. The second-order valence-electron chi connectivity index (χ2n) is 5.73. The van der Waals surface area contributed by atoms with Crippen molar-refractivity contribution >= 4 is 16.9 Å². The third-order valence-corrected chi connectivity index (χ3v) is 4.47. The maximum absolute atomic E-state index is 12.9. The lowest BCUT2D eigenvalue weighted by Gasteiger charge is -2.41. The predicted octanol–water partition coefficient (Wildman–Crippen LogP) is 4.03. The van der Waals surface area contributed by atoms with E-state index in [0.717, 1.165) is 35.2 Å². The number of fused-ring (bicyclic) bond motifs is 1. The second-order valence-corrected chi connectivity index (χ2v) is 5.73. The summed E-state index contributed by atoms with van der Waals surface area (Å²) in [5.74, 6) is 0.838. The summed E-state index contributed by atoms with van der Waals surface area (Å²) in [6.45, 7) is 0.764. The molecule has 2 heterocycles. The van der Waals surface area contributed by atoms with E-state index in [0.29, 0.717) is 5.56 Å². The van der Waals surface area contributed by atoms with Crippen LogP contribution < -0.4 is 4.74 Å². The summed E-state index contributed by atoms with van der Waals surface area (Å²) in [7, 11) is 1.65. The minimum atomic E-state index is 0.0222. The Morgan fingerprint density at radius 1 is 1.22 bits per heavy atom. The molecule has 4 nitrogen and oxygen atoms in total. The number of hydrogen-bond acceptors (Lipinski definition) is 3. The Morgan fingerprint density at radius 2 is 2.09 bits per heavy atom. The number of ether oxygens (including phenoxy) is 1. The van der Waals surface area contributed by atoms with Crippen LogP contribution in [-0.4, -0.2) is 24.5 Å². The fourth-order valence-corrected chi connectivity index (χ4v) is 3.12. The molecule has 1 unspecified atom stereocenters. The normalized spacial score (nSPS) is 17.1. The van der Waals surface area contributed by atoms with E-state index in [4.69, 9.17) is 9.15 Å². The van der Waals surface area contributed by atoms with Gasteiger partial charge in [-0.25, -0.2) is 0 Å². The van der Waals surface area contributed by atoms with Crippen LogP contribution in [0.3, 0.4) is 0 Å². The molecule has 1 atom stereocenters. The molecule has 0 N–H and O–H groups in total. The zero-order chi connectivity index (χ0) is 15.8. The van der Waals surface area contributed by atoms with Crippen LogP contribution in [0.1, 0.15) is 28.4 Å². The van der Waals surface area contributed by atoms with Gasteiger partial charge in [-0.15, -0.1) is 0 Å². The van der Waals surface area contributed by atoms with Gasteiger partial charge in [0.25, 0.3) is 5.91 Å². The van der Waals surface area contributed by atoms with Crippen LogP contribution in [0.5, 0.6) is 5.75 Å². The van der Waals surface area contributed by atoms with Crippen molar-refractivity contribution < 1.29 is 13.9 Å². The van der Waals surface area contributed by atoms with Gasteiger partial charge in [-0.3, -0.25) is 4.79 Å². The molecule has 0 saturated carbocycles. The van der Waals surface area contributed by atoms with Gasteiger partial charge in [0.05, 0.1) is 18.7 Å². The van der Waals surface area contributed by atoms with E-state index >= 15 is 0 Å². The first-order chi connectivity index (χ1) is 11.3. The van der Waals surface area contributed by atoms with Gasteiger partial charge in [0, 0.05) is 11.9 Å². The number of rotatable bonds is 3. The van der Waals surface area contributed by atoms with E-state index in [2.05, 4.69) is 0 Å². The molecule has 2 aromatic carbocycles. The lowest BCUT2D eigenvalue weighted by atomic mass is 9.93. The number of carbonyl (C=O) groups excluding carboxylic acids is 1. The Labute approximate surface area is 134 Å². The minimum absolute atomic E-state index is 0.0222. The van der Waals surface area contributed by atoms with E-state index in [1.807, 2.05) is 53.4 Å². The van der Waals surface area contributed by atoms with Crippen LogP contribution in [0.15, 0.2) is 59.2 Å². The highest BCUT2D eigenvalue weighted by Crippen LogP contribution is 2.36. The second kappa shape index (κ2) is 5.47. The average Bonchev–Trinajstić information content (AvgIpc) is 2.98. The summed E-state index contributed by atoms with van der Waals surface area (Å²) in [6, 6.07) is 15.6. The van der Waals surface area contributed by atoms with Crippen molar-refractivity contribution in [2.75, 3.05) is 13.7 Å². The highest BCUT2D eigenvalue weighted by atomic mass is 16.5. The molecule has 0 radical (unpaired) electrons. The zero-order valence-electron chi connectivity index (χ0n) is 12.9. The quantitative estimate of drug-likeness (QED) is 0.733. The molecule has 23 heavy (non-hydrogen) atoms. The molecule has 0 bridgehead atoms. The van der Waals surface area contributed by atoms with E-state index in [9.17, 15) is 4.79 Å². The molecular weight excluding hydrogens is 290 g/mol. The molecule has 4 rings (SSSR count). The molecular formula is C19H17NO3. The van der Waals surface area contributed by atoms with Crippen LogP contribution in [0.25, 0.3) is 11.0 Å². The van der Waals surface area contributed by atoms with E-state index in [1.165, 1.54) is 0 Å². The maximum Gasteiger partial charge on any atom is 0.258 e. The van der Waals surface area contributed by atoms with Crippen molar-refractivity contribution in [1.29, 1.82) is 0 Å². The first-order valence-corrected chi connectivity index (χ1v) is 7.69. The lowest BCUT2D eigenvalue weighted by molar-refractivity contribution is 0.0461. The van der Waals surface area contributed by atoms with E-state index in [-0.39, 0.29) is 11.9 Å². The number of para-hydroxylation sites is 1. The Kier molecular flexibility index (Phi) is 3.30. The Bertz CT molecular complexity index is 868. The minimum Gasteiger partial charge on any atom is -0.497 e. The van der Waals surface area contributed by atoms with E-state index in [1.54, 1.807) is 13.4 Å². The number of benzene rings is 2. The number of furan rings is 1. The van der Waals surface area contributed by atoms with Gasteiger partial charge < -0.3 is 14.1 Å². The molecule has 1 aromatic heterocycles. The van der Waals surface area contributed by atoms with Crippen molar-refractivity contribution in [2.45, 2.75) is 12.5 Å². The zero-order valence-corrected chi connectivity index (χ0v) is 12.9. The summed E-state index contributed by atoms with van der Waals surface area (Å²) in [6.07, 6.45) is 2.53. The van der Waals surface area contributed by atoms with Gasteiger partial charge in [-0.05, 0) is 30.2 Å². The van der Waals surface area contributed by atoms with Crippen molar-refractivity contribution in [3.63, 3.8) is 0 Å². The average molecular weight is 307 g/mol. The molecule has 1 amide bonds. The molecule has 3 aromatic rings. The van der Waals surface area contributed by atoms with Crippen LogP contribution in [-0.2, 0) is 0 Å². The monoisotopic (exact) mass is 307 g/mol. The lowest BCUT2D eigenvalue weighted by Crippen LogP contribution is -2.45. The molecule has 0 aliphatic carbocycles. The molecule has 1 aliphatic heterocycles. The van der Waals surface area contributed by atoms with Gasteiger partial charge in [-0.2, -0.15) is 0 Å². The highest BCUT2D eigenvalue weighted by Gasteiger charge is 2.35. The Balaban J connectivity index is 1.64. The predicted molar refractivity (Wildman–Crippen MR) is 87.6 cm³/mol. The summed E-state index contributed by atoms with van der Waals surface area (Å²) in [5.41, 5.74) is 2.49. The number of nitrogens with zero attached hydrogens (tertiary/aromatic N) is 1. The van der Waals surface area contributed by atoms with Crippen molar-refractivity contribution in [3.8, 4) is 5.75 Å². The van der Waals surface area contributed by atoms with Gasteiger partial charge in [0.1, 0.15) is 17.6 Å². The smallest absolute Gasteiger partial charge is 0.258 e. The number of carbonyl (C=O) groups is 1. The maximum atomic E-state index is 12.9. The number of likely N-dealkylation sites (tertiary alicyclic amines) is 1. The summed E-state index contributed by atoms with van der Waals surface area (Å²) in [4.78, 5) is 14.8. The van der Waals surface area contributed by atoms with Gasteiger partial charge in [0.2, 0.25) is 0 Å². The first kappa shape index (κ1) is 13.9. The van der Waals surface area contributed by atoms with Crippen molar-refractivity contribution in [1.82, 2.24) is 4.90 Å². The summed E-state index contributed by atoms with van der Waals surface area (Å²) < 4.78 is 10.8. The SMILES string of the molecule is COc1cccc(C2CCN2C(=O)c2coc3ccccc23)c1. The topological polar surface area (TPSA) is 42.7 Å². The van der Waals surface area contributed by atoms with Crippen molar-refractivity contribution in [2.24, 2.45) is 0 Å². The summed E-state index contributed by atoms with van der Waals surface area (Å²) >= 11 is 0. The van der Waals surface area contributed by atoms with Crippen LogP contribution in [0.4, 0.5) is 0 Å². The fraction of sp³-hybridized carbons (Fsp3) is 0.211. The largest absolute Gasteiger partial charge is 0.497 e. The van der Waals surface area contributed by atoms with Gasteiger partial charge in [-0.1, -0.05) is 30.3 Å². The standard InChI is InChI=1S/C19H17NO3/c1-22-14-6-4-5-13(11-14)17-9-10-20(17)19(21)16-12-23-18-8-3-2-7-15(16)18/h2-8,11-12,17H,9-10H2,1H3. The molecule has 116 valence electrons. The molecule has 1 aliphatic rings. The number of methoxy groups -OCH3 is 1. The van der Waals surface area contributed by atoms with Crippen LogP contribution in [0.2, 0.25) is 0 Å². The van der Waals surface area contributed by atoms with Gasteiger partial charge >= 0.3 is 0 Å². The van der Waals surface area contributed by atoms with Crippen LogP contribution in [0, 0.1) is 0 Å². The fourth-order valence-electron chi connectivity index (χ4n) is 3.12. The number of hydrogen-bond donors (Lipinski definition) is 0. The van der Waals surface area contributed by atoms with Crippen molar-refractivity contribution in [3.05, 3.63) is 65.9 Å². The third-order valence-electron chi connectivity index (χ3n) is 4.47. The third kappa shape index (κ3) is 2.27. The van der Waals surface area contributed by atoms with Crippen LogP contribution >= 0.6 is 0 Å². The van der Waals surface area contributed by atoms with Gasteiger partial charge in [0.15, 0.2) is 0 Å². The Morgan fingerprint density at radius 3 is 2.87 bits per heavy atom. The van der Waals surface area contributed by atoms with E-state index < -0.39 is 0 Å². The molecule has 1 fully saturated rings. The first-order valence-electron chi connectivity index (χ1n) is 7.69. The number of amides is 1. The molecule has 1 saturated heterocycles.